The van der Waals surface area contributed by atoms with Crippen LogP contribution in [0.4, 0.5) is 5.69 Å². The first kappa shape index (κ1) is 12.2. The number of rotatable bonds is 4. The number of halogens is 2. The van der Waals surface area contributed by atoms with Crippen LogP contribution in [0.15, 0.2) is 16.6 Å². The van der Waals surface area contributed by atoms with Crippen LogP contribution in [0.1, 0.15) is 0 Å². The van der Waals surface area contributed by atoms with Gasteiger partial charge < -0.3 is 9.84 Å². The molecule has 0 radical (unpaired) electrons. The lowest BCUT2D eigenvalue weighted by Crippen LogP contribution is -2.04. The second kappa shape index (κ2) is 5.29. The molecule has 1 rings (SSSR count). The van der Waals surface area contributed by atoms with Crippen molar-refractivity contribution >= 4 is 33.2 Å². The molecule has 5 nitrogen and oxygen atoms in total. The summed E-state index contributed by atoms with van der Waals surface area (Å²) in [6, 6.07) is 2.68. The Morgan fingerprint density at radius 3 is 2.80 bits per heavy atom. The molecule has 1 aromatic carbocycles. The first-order valence-corrected chi connectivity index (χ1v) is 5.10. The van der Waals surface area contributed by atoms with Crippen LogP contribution in [-0.4, -0.2) is 23.2 Å². The third-order valence-corrected chi connectivity index (χ3v) is 2.33. The lowest BCUT2D eigenvalue weighted by Gasteiger charge is -2.07. The molecule has 7 heteroatoms. The van der Waals surface area contributed by atoms with E-state index in [4.69, 9.17) is 21.4 Å². The van der Waals surface area contributed by atoms with Gasteiger partial charge in [0.1, 0.15) is 6.61 Å². The van der Waals surface area contributed by atoms with Crippen LogP contribution in [0.5, 0.6) is 5.75 Å². The maximum atomic E-state index is 10.7. The normalized spacial score (nSPS) is 10.1. The van der Waals surface area contributed by atoms with Crippen molar-refractivity contribution in [3.63, 3.8) is 0 Å². The van der Waals surface area contributed by atoms with Gasteiger partial charge in [0.05, 0.1) is 16.0 Å². The molecule has 0 spiro atoms. The summed E-state index contributed by atoms with van der Waals surface area (Å²) >= 11 is 8.76. The van der Waals surface area contributed by atoms with Gasteiger partial charge in [-0.05, 0) is 22.0 Å². The number of ether oxygens (including phenoxy) is 1. The predicted molar refractivity (Wildman–Crippen MR) is 58.4 cm³/mol. The highest BCUT2D eigenvalue weighted by atomic mass is 79.9. The van der Waals surface area contributed by atoms with Crippen molar-refractivity contribution in [1.29, 1.82) is 0 Å². The van der Waals surface area contributed by atoms with Crippen molar-refractivity contribution in [2.24, 2.45) is 0 Å². The quantitative estimate of drug-likeness (QED) is 0.684. The summed E-state index contributed by atoms with van der Waals surface area (Å²) in [5.74, 6) is 0.0680. The summed E-state index contributed by atoms with van der Waals surface area (Å²) in [5, 5.41) is 19.5. The van der Waals surface area contributed by atoms with Gasteiger partial charge in [-0.25, -0.2) is 0 Å². The van der Waals surface area contributed by atoms with Gasteiger partial charge in [-0.15, -0.1) is 0 Å². The van der Waals surface area contributed by atoms with Crippen LogP contribution < -0.4 is 4.74 Å². The van der Waals surface area contributed by atoms with Crippen molar-refractivity contribution in [2.75, 3.05) is 13.2 Å². The van der Waals surface area contributed by atoms with Crippen LogP contribution in [-0.2, 0) is 0 Å². The molecule has 0 bridgehead atoms. The van der Waals surface area contributed by atoms with E-state index in [0.29, 0.717) is 4.47 Å². The van der Waals surface area contributed by atoms with Crippen molar-refractivity contribution < 1.29 is 14.8 Å². The Morgan fingerprint density at radius 2 is 2.27 bits per heavy atom. The van der Waals surface area contributed by atoms with E-state index in [1.807, 2.05) is 0 Å². The minimum atomic E-state index is -0.594. The third-order valence-electron chi connectivity index (χ3n) is 1.52. The molecule has 0 saturated carbocycles. The maximum absolute atomic E-state index is 10.7. The fraction of sp³-hybridized carbons (Fsp3) is 0.250. The molecule has 0 aromatic heterocycles. The lowest BCUT2D eigenvalue weighted by atomic mass is 10.3. The van der Waals surface area contributed by atoms with E-state index in [9.17, 15) is 10.1 Å². The van der Waals surface area contributed by atoms with Gasteiger partial charge in [0, 0.05) is 11.1 Å². The number of nitrogens with zero attached hydrogens (tertiary/aromatic N) is 1. The van der Waals surface area contributed by atoms with Gasteiger partial charge in [-0.1, -0.05) is 11.6 Å². The van der Waals surface area contributed by atoms with Gasteiger partial charge in [0.2, 0.25) is 5.75 Å². The lowest BCUT2D eigenvalue weighted by molar-refractivity contribution is -0.386. The summed E-state index contributed by atoms with van der Waals surface area (Å²) in [6.07, 6.45) is 0. The first-order valence-electron chi connectivity index (χ1n) is 3.93. The van der Waals surface area contributed by atoms with Crippen LogP contribution in [0.25, 0.3) is 0 Å². The van der Waals surface area contributed by atoms with Crippen molar-refractivity contribution in [3.05, 3.63) is 31.7 Å². The van der Waals surface area contributed by atoms with Crippen molar-refractivity contribution in [1.82, 2.24) is 0 Å². The molecule has 15 heavy (non-hydrogen) atoms. The van der Waals surface area contributed by atoms with E-state index in [0.717, 1.165) is 0 Å². The number of hydrogen-bond donors (Lipinski definition) is 1. The van der Waals surface area contributed by atoms with E-state index in [2.05, 4.69) is 15.9 Å². The first-order chi connectivity index (χ1) is 7.06. The van der Waals surface area contributed by atoms with E-state index < -0.39 is 4.92 Å². The standard InChI is InChI=1S/C8H7BrClNO4/c9-6-3-5(10)4-7(11(13)14)8(6)15-2-1-12/h3-4,12H,1-2H2. The number of nitro groups is 1. The fourth-order valence-corrected chi connectivity index (χ4v) is 1.88. The Balaban J connectivity index is 3.15. The molecule has 0 fully saturated rings. The summed E-state index contributed by atoms with van der Waals surface area (Å²) in [5.41, 5.74) is -0.233. The Morgan fingerprint density at radius 1 is 1.60 bits per heavy atom. The minimum Gasteiger partial charge on any atom is -0.484 e. The number of aliphatic hydroxyl groups is 1. The molecule has 82 valence electrons. The second-order valence-corrected chi connectivity index (χ2v) is 3.86. The SMILES string of the molecule is O=[N+]([O-])c1cc(Cl)cc(Br)c1OCCO. The molecular weight excluding hydrogens is 289 g/mol. The summed E-state index contributed by atoms with van der Waals surface area (Å²) in [6.45, 7) is -0.229. The Labute approximate surface area is 98.9 Å². The van der Waals surface area contributed by atoms with Crippen LogP contribution in [0.3, 0.4) is 0 Å². The molecule has 0 aliphatic heterocycles. The number of hydrogen-bond acceptors (Lipinski definition) is 4. The molecular formula is C8H7BrClNO4. The van der Waals surface area contributed by atoms with Crippen molar-refractivity contribution in [2.45, 2.75) is 0 Å². The van der Waals surface area contributed by atoms with E-state index >= 15 is 0 Å². The average Bonchev–Trinajstić information content (AvgIpc) is 2.15. The van der Waals surface area contributed by atoms with E-state index in [-0.39, 0.29) is 29.7 Å². The number of benzene rings is 1. The molecule has 1 aromatic rings. The summed E-state index contributed by atoms with van der Waals surface area (Å²) in [7, 11) is 0. The molecule has 0 atom stereocenters. The average molecular weight is 297 g/mol. The summed E-state index contributed by atoms with van der Waals surface area (Å²) in [4.78, 5) is 10.1. The molecule has 0 unspecified atom stereocenters. The molecule has 1 N–H and O–H groups in total. The maximum Gasteiger partial charge on any atom is 0.313 e. The Hall–Kier alpha value is -0.850. The monoisotopic (exact) mass is 295 g/mol. The van der Waals surface area contributed by atoms with Crippen LogP contribution in [0, 0.1) is 10.1 Å². The third kappa shape index (κ3) is 3.05. The molecule has 0 aliphatic rings. The Kier molecular flexibility index (Phi) is 4.31. The zero-order valence-electron chi connectivity index (χ0n) is 7.44. The highest BCUT2D eigenvalue weighted by molar-refractivity contribution is 9.10. The highest BCUT2D eigenvalue weighted by Gasteiger charge is 2.19. The van der Waals surface area contributed by atoms with Crippen LogP contribution >= 0.6 is 27.5 Å². The topological polar surface area (TPSA) is 72.6 Å². The van der Waals surface area contributed by atoms with Gasteiger partial charge in [-0.3, -0.25) is 10.1 Å². The largest absolute Gasteiger partial charge is 0.484 e. The number of nitro benzene ring substituents is 1. The highest BCUT2D eigenvalue weighted by Crippen LogP contribution is 2.37. The number of aliphatic hydroxyl groups excluding tert-OH is 1. The molecule has 0 saturated heterocycles. The van der Waals surface area contributed by atoms with Crippen LogP contribution in [0.2, 0.25) is 5.02 Å². The van der Waals surface area contributed by atoms with Gasteiger partial charge in [0.25, 0.3) is 0 Å². The summed E-state index contributed by atoms with van der Waals surface area (Å²) < 4.78 is 5.42. The van der Waals surface area contributed by atoms with E-state index in [1.165, 1.54) is 12.1 Å². The second-order valence-electron chi connectivity index (χ2n) is 2.57. The minimum absolute atomic E-state index is 0.0128. The van der Waals surface area contributed by atoms with E-state index in [1.54, 1.807) is 0 Å². The van der Waals surface area contributed by atoms with Gasteiger partial charge >= 0.3 is 5.69 Å². The molecule has 0 amide bonds. The molecule has 0 heterocycles. The predicted octanol–water partition coefficient (Wildman–Crippen LogP) is 2.38. The van der Waals surface area contributed by atoms with Crippen molar-refractivity contribution in [3.8, 4) is 5.75 Å². The fourth-order valence-electron chi connectivity index (χ4n) is 0.973. The van der Waals surface area contributed by atoms with Gasteiger partial charge in [-0.2, -0.15) is 0 Å². The van der Waals surface area contributed by atoms with Gasteiger partial charge in [0.15, 0.2) is 0 Å². The zero-order valence-corrected chi connectivity index (χ0v) is 9.79. The Bertz CT molecular complexity index is 385. The zero-order chi connectivity index (χ0) is 11.4. The molecule has 0 aliphatic carbocycles. The smallest absolute Gasteiger partial charge is 0.313 e.